The molecule has 1 rings (SSSR count). The fraction of sp³-hybridized carbons (Fsp3) is 0.500. The second kappa shape index (κ2) is 6.85. The molecule has 0 aromatic carbocycles. The van der Waals surface area contributed by atoms with Gasteiger partial charge in [-0.05, 0) is 24.4 Å². The van der Waals surface area contributed by atoms with E-state index in [9.17, 15) is 14.7 Å². The molecule has 0 bridgehead atoms. The smallest absolute Gasteiger partial charge is 0.310 e. The molecule has 0 atom stereocenters. The number of aliphatic carboxylic acids is 1. The van der Waals surface area contributed by atoms with Crippen molar-refractivity contribution in [1.29, 1.82) is 0 Å². The Kier molecular flexibility index (Phi) is 5.71. The molecular formula is C12H15Cl2N3O3. The van der Waals surface area contributed by atoms with E-state index in [1.807, 2.05) is 0 Å². The van der Waals surface area contributed by atoms with Crippen molar-refractivity contribution in [1.82, 2.24) is 9.97 Å². The van der Waals surface area contributed by atoms with Crippen molar-refractivity contribution in [2.45, 2.75) is 33.1 Å². The van der Waals surface area contributed by atoms with Crippen LogP contribution in [0.5, 0.6) is 0 Å². The number of aromatic nitrogens is 2. The van der Waals surface area contributed by atoms with Gasteiger partial charge in [0.25, 0.3) is 0 Å². The van der Waals surface area contributed by atoms with Crippen LogP contribution in [-0.4, -0.2) is 27.0 Å². The first-order chi connectivity index (χ1) is 9.32. The highest BCUT2D eigenvalue weighted by Crippen LogP contribution is 2.31. The Hall–Kier alpha value is -1.40. The standard InChI is InChI=1S/C12H15Cl2N3O3/c1-3-12(4-2,10(19)20)6-9(18)16-8-5-7(13)15-11(14)17-8/h5H,3-4,6H2,1-2H3,(H,19,20)(H,15,16,17,18). The van der Waals surface area contributed by atoms with E-state index in [1.165, 1.54) is 6.07 Å². The Balaban J connectivity index is 2.83. The number of hydrogen-bond donors (Lipinski definition) is 2. The molecule has 6 nitrogen and oxygen atoms in total. The lowest BCUT2D eigenvalue weighted by molar-refractivity contribution is -0.151. The Morgan fingerprint density at radius 2 is 1.90 bits per heavy atom. The number of nitrogens with zero attached hydrogens (tertiary/aromatic N) is 2. The van der Waals surface area contributed by atoms with Crippen molar-refractivity contribution in [3.8, 4) is 0 Å². The van der Waals surface area contributed by atoms with Crippen LogP contribution in [0.15, 0.2) is 6.07 Å². The average Bonchev–Trinajstić information content (AvgIpc) is 2.34. The van der Waals surface area contributed by atoms with E-state index in [4.69, 9.17) is 23.2 Å². The van der Waals surface area contributed by atoms with Crippen LogP contribution in [0, 0.1) is 5.41 Å². The van der Waals surface area contributed by atoms with Crippen LogP contribution in [0.4, 0.5) is 5.82 Å². The van der Waals surface area contributed by atoms with Gasteiger partial charge in [0, 0.05) is 12.5 Å². The van der Waals surface area contributed by atoms with Crippen LogP contribution in [0.1, 0.15) is 33.1 Å². The van der Waals surface area contributed by atoms with Crippen molar-refractivity contribution in [2.75, 3.05) is 5.32 Å². The van der Waals surface area contributed by atoms with Gasteiger partial charge in [0.05, 0.1) is 5.41 Å². The van der Waals surface area contributed by atoms with Gasteiger partial charge in [-0.2, -0.15) is 0 Å². The van der Waals surface area contributed by atoms with Crippen LogP contribution in [0.2, 0.25) is 10.4 Å². The molecule has 0 saturated heterocycles. The first-order valence-corrected chi connectivity index (χ1v) is 6.82. The predicted molar refractivity (Wildman–Crippen MR) is 75.9 cm³/mol. The number of rotatable bonds is 6. The van der Waals surface area contributed by atoms with Gasteiger partial charge < -0.3 is 10.4 Å². The number of halogens is 2. The molecule has 2 N–H and O–H groups in total. The number of carboxylic acid groups (broad SMARTS) is 1. The van der Waals surface area contributed by atoms with Gasteiger partial charge in [0.15, 0.2) is 0 Å². The Labute approximate surface area is 126 Å². The first kappa shape index (κ1) is 16.7. The quantitative estimate of drug-likeness (QED) is 0.621. The SMILES string of the molecule is CCC(CC)(CC(=O)Nc1cc(Cl)nc(Cl)n1)C(=O)O. The van der Waals surface area contributed by atoms with E-state index < -0.39 is 17.3 Å². The lowest BCUT2D eigenvalue weighted by Crippen LogP contribution is -2.34. The summed E-state index contributed by atoms with van der Waals surface area (Å²) in [5, 5.41) is 11.8. The van der Waals surface area contributed by atoms with Crippen LogP contribution in [0.25, 0.3) is 0 Å². The second-order valence-corrected chi connectivity index (χ2v) is 5.09. The number of hydrogen-bond acceptors (Lipinski definition) is 4. The molecule has 0 saturated carbocycles. The van der Waals surface area contributed by atoms with Crippen LogP contribution in [-0.2, 0) is 9.59 Å². The molecule has 1 amide bonds. The minimum atomic E-state index is -1.08. The van der Waals surface area contributed by atoms with E-state index in [0.717, 1.165) is 0 Å². The summed E-state index contributed by atoms with van der Waals surface area (Å²) in [4.78, 5) is 30.7. The van der Waals surface area contributed by atoms with Gasteiger partial charge in [0.1, 0.15) is 11.0 Å². The van der Waals surface area contributed by atoms with Crippen LogP contribution in [0.3, 0.4) is 0 Å². The number of amides is 1. The van der Waals surface area contributed by atoms with Crippen molar-refractivity contribution in [3.05, 3.63) is 16.5 Å². The number of carbonyl (C=O) groups is 2. The molecule has 0 spiro atoms. The third kappa shape index (κ3) is 4.05. The summed E-state index contributed by atoms with van der Waals surface area (Å²) in [6, 6.07) is 1.34. The van der Waals surface area contributed by atoms with E-state index in [-0.39, 0.29) is 22.7 Å². The molecule has 0 aliphatic heterocycles. The largest absolute Gasteiger partial charge is 0.481 e. The van der Waals surface area contributed by atoms with Crippen LogP contribution < -0.4 is 5.32 Å². The Morgan fingerprint density at radius 1 is 1.30 bits per heavy atom. The third-order valence-electron chi connectivity index (χ3n) is 3.24. The molecule has 0 fully saturated rings. The maximum absolute atomic E-state index is 12.0. The van der Waals surface area contributed by atoms with Gasteiger partial charge in [-0.15, -0.1) is 0 Å². The van der Waals surface area contributed by atoms with Gasteiger partial charge in [-0.25, -0.2) is 9.97 Å². The molecule has 110 valence electrons. The van der Waals surface area contributed by atoms with Gasteiger partial charge >= 0.3 is 5.97 Å². The van der Waals surface area contributed by atoms with Crippen molar-refractivity contribution >= 4 is 40.9 Å². The topological polar surface area (TPSA) is 92.2 Å². The monoisotopic (exact) mass is 319 g/mol. The maximum Gasteiger partial charge on any atom is 0.310 e. The third-order valence-corrected chi connectivity index (χ3v) is 3.60. The predicted octanol–water partition coefficient (Wildman–Crippen LogP) is 3.00. The lowest BCUT2D eigenvalue weighted by Gasteiger charge is -2.25. The molecule has 1 aromatic heterocycles. The zero-order valence-corrected chi connectivity index (χ0v) is 12.6. The molecule has 8 heteroatoms. The highest BCUT2D eigenvalue weighted by atomic mass is 35.5. The average molecular weight is 320 g/mol. The van der Waals surface area contributed by atoms with Crippen molar-refractivity contribution < 1.29 is 14.7 Å². The summed E-state index contributed by atoms with van der Waals surface area (Å²) in [6.45, 7) is 3.48. The van der Waals surface area contributed by atoms with E-state index in [2.05, 4.69) is 15.3 Å². The molecule has 1 heterocycles. The van der Waals surface area contributed by atoms with Gasteiger partial charge in [-0.3, -0.25) is 9.59 Å². The maximum atomic E-state index is 12.0. The minimum Gasteiger partial charge on any atom is -0.481 e. The number of anilines is 1. The summed E-state index contributed by atoms with van der Waals surface area (Å²) in [6.07, 6.45) is 0.573. The first-order valence-electron chi connectivity index (χ1n) is 6.06. The fourth-order valence-corrected chi connectivity index (χ4v) is 2.24. The normalized spacial score (nSPS) is 11.2. The summed E-state index contributed by atoms with van der Waals surface area (Å²) in [7, 11) is 0. The molecule has 0 radical (unpaired) electrons. The Morgan fingerprint density at radius 3 is 2.35 bits per heavy atom. The number of carboxylic acids is 1. The Bertz CT molecular complexity index is 498. The highest BCUT2D eigenvalue weighted by molar-refractivity contribution is 6.32. The number of nitrogens with one attached hydrogen (secondary N) is 1. The molecule has 20 heavy (non-hydrogen) atoms. The summed E-state index contributed by atoms with van der Waals surface area (Å²) in [5.74, 6) is -1.30. The molecule has 0 aliphatic carbocycles. The fourth-order valence-electron chi connectivity index (χ4n) is 1.83. The second-order valence-electron chi connectivity index (χ2n) is 4.36. The molecular weight excluding hydrogens is 305 g/mol. The molecule has 0 unspecified atom stereocenters. The molecule has 0 aliphatic rings. The van der Waals surface area contributed by atoms with E-state index in [0.29, 0.717) is 12.8 Å². The van der Waals surface area contributed by atoms with Crippen molar-refractivity contribution in [2.24, 2.45) is 5.41 Å². The minimum absolute atomic E-state index is 0.0933. The van der Waals surface area contributed by atoms with Gasteiger partial charge in [-0.1, -0.05) is 25.4 Å². The summed E-state index contributed by atoms with van der Waals surface area (Å²) < 4.78 is 0. The van der Waals surface area contributed by atoms with Crippen molar-refractivity contribution in [3.63, 3.8) is 0 Å². The number of carbonyl (C=O) groups excluding carboxylic acids is 1. The van der Waals surface area contributed by atoms with E-state index in [1.54, 1.807) is 13.8 Å². The highest BCUT2D eigenvalue weighted by Gasteiger charge is 2.37. The van der Waals surface area contributed by atoms with E-state index >= 15 is 0 Å². The zero-order chi connectivity index (χ0) is 15.3. The molecule has 1 aromatic rings. The summed E-state index contributed by atoms with van der Waals surface area (Å²) in [5.41, 5.74) is -1.08. The summed E-state index contributed by atoms with van der Waals surface area (Å²) >= 11 is 11.3. The van der Waals surface area contributed by atoms with Crippen LogP contribution >= 0.6 is 23.2 Å². The lowest BCUT2D eigenvalue weighted by atomic mass is 9.79. The van der Waals surface area contributed by atoms with Gasteiger partial charge in [0.2, 0.25) is 11.2 Å². The zero-order valence-electron chi connectivity index (χ0n) is 11.1.